The highest BCUT2D eigenvalue weighted by Gasteiger charge is 2.26. The molecule has 0 radical (unpaired) electrons. The maximum absolute atomic E-state index is 5.62. The summed E-state index contributed by atoms with van der Waals surface area (Å²) in [6.45, 7) is 15.2. The number of H-pyrrole nitrogens is 1. The first-order valence-corrected chi connectivity index (χ1v) is 12.6. The van der Waals surface area contributed by atoms with Gasteiger partial charge in [0, 0.05) is 86.8 Å². The first-order chi connectivity index (χ1) is 17.0. The second kappa shape index (κ2) is 8.89. The van der Waals surface area contributed by atoms with E-state index < -0.39 is 0 Å². The highest BCUT2D eigenvalue weighted by molar-refractivity contribution is 5.92. The Hall–Kier alpha value is -3.01. The Morgan fingerprint density at radius 2 is 1.80 bits per heavy atom. The molecule has 2 aliphatic rings. The maximum Gasteiger partial charge on any atom is 0.158 e. The first kappa shape index (κ1) is 22.5. The molecule has 6 rings (SSSR count). The average molecular weight is 475 g/mol. The van der Waals surface area contributed by atoms with Crippen LogP contribution < -0.4 is 4.90 Å². The van der Waals surface area contributed by atoms with E-state index in [1.807, 2.05) is 23.0 Å². The van der Waals surface area contributed by atoms with E-state index >= 15 is 0 Å². The third-order valence-electron chi connectivity index (χ3n) is 7.24. The number of anilines is 1. The van der Waals surface area contributed by atoms with Crippen LogP contribution in [0.15, 0.2) is 36.7 Å². The van der Waals surface area contributed by atoms with Gasteiger partial charge in [-0.3, -0.25) is 9.80 Å². The fourth-order valence-electron chi connectivity index (χ4n) is 5.23. The lowest BCUT2D eigenvalue weighted by molar-refractivity contribution is 0.0585. The molecule has 184 valence electrons. The van der Waals surface area contributed by atoms with Gasteiger partial charge in [-0.1, -0.05) is 0 Å². The summed E-state index contributed by atoms with van der Waals surface area (Å²) in [5.41, 5.74) is 5.06. The number of nitrogens with one attached hydrogen (secondary N) is 1. The molecule has 0 spiro atoms. The molecule has 4 aromatic heterocycles. The number of aromatic amines is 1. The molecule has 2 saturated heterocycles. The molecule has 0 aliphatic carbocycles. The topological polar surface area (TPSA) is 77.8 Å². The molecule has 0 bridgehead atoms. The van der Waals surface area contributed by atoms with Gasteiger partial charge in [0.2, 0.25) is 0 Å². The van der Waals surface area contributed by atoms with Gasteiger partial charge in [0.1, 0.15) is 11.5 Å². The molecule has 0 amide bonds. The summed E-state index contributed by atoms with van der Waals surface area (Å²) in [7, 11) is 0. The van der Waals surface area contributed by atoms with Crippen molar-refractivity contribution in [2.75, 3.05) is 57.4 Å². The molecular formula is C26H34N8O. The SMILES string of the molecule is CC(C)(C)N1CCN(Cc2cc3nc(-c4ccnc5[nH]ccc45)cc(N4CCOCC4)n3n2)CC1. The lowest BCUT2D eigenvalue weighted by atomic mass is 10.0. The molecule has 9 nitrogen and oxygen atoms in total. The summed E-state index contributed by atoms with van der Waals surface area (Å²) in [4.78, 5) is 20.2. The molecule has 2 aliphatic heterocycles. The van der Waals surface area contributed by atoms with E-state index in [0.29, 0.717) is 0 Å². The molecule has 9 heteroatoms. The minimum Gasteiger partial charge on any atom is -0.378 e. The van der Waals surface area contributed by atoms with E-state index in [-0.39, 0.29) is 5.54 Å². The number of morpholine rings is 1. The Labute approximate surface area is 205 Å². The van der Waals surface area contributed by atoms with Crippen molar-refractivity contribution in [3.63, 3.8) is 0 Å². The van der Waals surface area contributed by atoms with Crippen LogP contribution in [0.2, 0.25) is 0 Å². The lowest BCUT2D eigenvalue weighted by Gasteiger charge is -2.42. The van der Waals surface area contributed by atoms with Gasteiger partial charge in [0.25, 0.3) is 0 Å². The monoisotopic (exact) mass is 474 g/mol. The van der Waals surface area contributed by atoms with E-state index in [1.54, 1.807) is 0 Å². The average Bonchev–Trinajstić information content (AvgIpc) is 3.50. The van der Waals surface area contributed by atoms with Crippen molar-refractivity contribution in [3.8, 4) is 11.3 Å². The maximum atomic E-state index is 5.62. The number of hydrogen-bond donors (Lipinski definition) is 1. The van der Waals surface area contributed by atoms with E-state index in [0.717, 1.165) is 98.5 Å². The van der Waals surface area contributed by atoms with Crippen LogP contribution >= 0.6 is 0 Å². The first-order valence-electron chi connectivity index (χ1n) is 12.6. The zero-order valence-corrected chi connectivity index (χ0v) is 20.9. The molecule has 4 aromatic rings. The van der Waals surface area contributed by atoms with E-state index in [9.17, 15) is 0 Å². The minimum atomic E-state index is 0.223. The second-order valence-corrected chi connectivity index (χ2v) is 10.5. The number of fused-ring (bicyclic) bond motifs is 2. The van der Waals surface area contributed by atoms with Gasteiger partial charge in [-0.2, -0.15) is 9.61 Å². The fourth-order valence-corrected chi connectivity index (χ4v) is 5.23. The summed E-state index contributed by atoms with van der Waals surface area (Å²) in [5.74, 6) is 1.07. The highest BCUT2D eigenvalue weighted by atomic mass is 16.5. The van der Waals surface area contributed by atoms with E-state index in [1.165, 1.54) is 0 Å². The number of piperazine rings is 1. The Kier molecular flexibility index (Phi) is 5.70. The number of pyridine rings is 1. The molecule has 0 aromatic carbocycles. The van der Waals surface area contributed by atoms with Crippen molar-refractivity contribution in [1.29, 1.82) is 0 Å². The smallest absolute Gasteiger partial charge is 0.158 e. The number of hydrogen-bond acceptors (Lipinski definition) is 7. The van der Waals surface area contributed by atoms with Crippen LogP contribution in [0.5, 0.6) is 0 Å². The normalized spacial score (nSPS) is 18.7. The van der Waals surface area contributed by atoms with Crippen LogP contribution in [-0.4, -0.2) is 92.4 Å². The van der Waals surface area contributed by atoms with Crippen molar-refractivity contribution in [3.05, 3.63) is 42.4 Å². The largest absolute Gasteiger partial charge is 0.378 e. The van der Waals surface area contributed by atoms with Crippen LogP contribution in [0.1, 0.15) is 26.5 Å². The lowest BCUT2D eigenvalue weighted by Crippen LogP contribution is -2.53. The molecular weight excluding hydrogens is 440 g/mol. The number of nitrogens with zero attached hydrogens (tertiary/aromatic N) is 7. The standard InChI is InChI=1S/C26H34N8O/c1-26(2,3)33-10-8-31(9-11-33)18-19-16-23-29-22(20-4-6-27-25-21(20)5-7-28-25)17-24(34(23)30-19)32-12-14-35-15-13-32/h4-7,16-17H,8-15,18H2,1-3H3,(H,27,28). The summed E-state index contributed by atoms with van der Waals surface area (Å²) < 4.78 is 7.64. The van der Waals surface area contributed by atoms with Crippen molar-refractivity contribution >= 4 is 22.5 Å². The van der Waals surface area contributed by atoms with Crippen molar-refractivity contribution in [2.45, 2.75) is 32.9 Å². The van der Waals surface area contributed by atoms with Gasteiger partial charge < -0.3 is 14.6 Å². The second-order valence-electron chi connectivity index (χ2n) is 10.5. The molecule has 6 heterocycles. The van der Waals surface area contributed by atoms with Gasteiger partial charge in [0.05, 0.1) is 24.6 Å². The van der Waals surface area contributed by atoms with Gasteiger partial charge in [0.15, 0.2) is 5.65 Å². The van der Waals surface area contributed by atoms with Crippen molar-refractivity contribution in [1.82, 2.24) is 34.4 Å². The van der Waals surface area contributed by atoms with Gasteiger partial charge in [-0.25, -0.2) is 9.97 Å². The predicted molar refractivity (Wildman–Crippen MR) is 138 cm³/mol. The quantitative estimate of drug-likeness (QED) is 0.487. The van der Waals surface area contributed by atoms with Gasteiger partial charge in [-0.05, 0) is 32.9 Å². The molecule has 0 atom stereocenters. The van der Waals surface area contributed by atoms with E-state index in [4.69, 9.17) is 14.8 Å². The Morgan fingerprint density at radius 3 is 2.57 bits per heavy atom. The summed E-state index contributed by atoms with van der Waals surface area (Å²) in [6.07, 6.45) is 3.77. The zero-order chi connectivity index (χ0) is 24.0. The van der Waals surface area contributed by atoms with E-state index in [2.05, 4.69) is 63.6 Å². The van der Waals surface area contributed by atoms with Crippen LogP contribution in [-0.2, 0) is 11.3 Å². The molecule has 2 fully saturated rings. The van der Waals surface area contributed by atoms with Crippen LogP contribution in [0.3, 0.4) is 0 Å². The Morgan fingerprint density at radius 1 is 1.00 bits per heavy atom. The number of aromatic nitrogens is 5. The molecule has 1 N–H and O–H groups in total. The summed E-state index contributed by atoms with van der Waals surface area (Å²) in [6, 6.07) is 8.43. The third-order valence-corrected chi connectivity index (χ3v) is 7.24. The zero-order valence-electron chi connectivity index (χ0n) is 20.9. The van der Waals surface area contributed by atoms with Crippen LogP contribution in [0.4, 0.5) is 5.82 Å². The van der Waals surface area contributed by atoms with Gasteiger partial charge >= 0.3 is 0 Å². The molecule has 0 unspecified atom stereocenters. The summed E-state index contributed by atoms with van der Waals surface area (Å²) in [5, 5.41) is 6.11. The predicted octanol–water partition coefficient (Wildman–Crippen LogP) is 3.03. The fraction of sp³-hybridized carbons (Fsp3) is 0.500. The minimum absolute atomic E-state index is 0.223. The van der Waals surface area contributed by atoms with Crippen molar-refractivity contribution in [2.24, 2.45) is 0 Å². The molecule has 35 heavy (non-hydrogen) atoms. The summed E-state index contributed by atoms with van der Waals surface area (Å²) >= 11 is 0. The molecule has 0 saturated carbocycles. The Balaban J connectivity index is 1.35. The number of ether oxygens (including phenoxy) is 1. The van der Waals surface area contributed by atoms with Crippen molar-refractivity contribution < 1.29 is 4.74 Å². The van der Waals surface area contributed by atoms with Crippen LogP contribution in [0.25, 0.3) is 27.9 Å². The van der Waals surface area contributed by atoms with Crippen LogP contribution in [0, 0.1) is 0 Å². The Bertz CT molecular complexity index is 1320. The number of rotatable bonds is 4. The van der Waals surface area contributed by atoms with Gasteiger partial charge in [-0.15, -0.1) is 0 Å². The third kappa shape index (κ3) is 4.39. The highest BCUT2D eigenvalue weighted by Crippen LogP contribution is 2.30.